The van der Waals surface area contributed by atoms with Crippen LogP contribution in [0.2, 0.25) is 5.02 Å². The quantitative estimate of drug-likeness (QED) is 0.661. The predicted octanol–water partition coefficient (Wildman–Crippen LogP) is 3.40. The molecule has 0 fully saturated rings. The summed E-state index contributed by atoms with van der Waals surface area (Å²) >= 11 is 5.89. The Morgan fingerprint density at radius 1 is 1.13 bits per heavy atom. The zero-order valence-corrected chi connectivity index (χ0v) is 17.2. The van der Waals surface area contributed by atoms with E-state index in [1.54, 1.807) is 0 Å². The minimum atomic E-state index is -4.58. The van der Waals surface area contributed by atoms with Gasteiger partial charge in [0.1, 0.15) is 4.90 Å². The molecule has 2 aromatic rings. The standard InChI is InChI=1S/C18H16ClF3N2O5S/c1-24(2)30(27,28)15-8-11(6-7-14(15)19)17(26)29-10-16(25)23-13-5-3-4-12(9-13)18(20,21)22/h3-9H,10H2,1-2H3,(H,23,25). The number of nitrogens with zero attached hydrogens (tertiary/aromatic N) is 1. The SMILES string of the molecule is CN(C)S(=O)(=O)c1cc(C(=O)OCC(=O)Nc2cccc(C(F)(F)F)c2)ccc1Cl. The number of hydrogen-bond acceptors (Lipinski definition) is 5. The summed E-state index contributed by atoms with van der Waals surface area (Å²) in [5.74, 6) is -1.89. The molecule has 0 saturated heterocycles. The second-order valence-corrected chi connectivity index (χ2v) is 8.66. The van der Waals surface area contributed by atoms with E-state index in [1.807, 2.05) is 0 Å². The summed E-state index contributed by atoms with van der Waals surface area (Å²) < 4.78 is 68.3. The Kier molecular flexibility index (Phi) is 7.11. The summed E-state index contributed by atoms with van der Waals surface area (Å²) in [5, 5.41) is 2.07. The van der Waals surface area contributed by atoms with Gasteiger partial charge < -0.3 is 10.1 Å². The third kappa shape index (κ3) is 5.71. The fourth-order valence-electron chi connectivity index (χ4n) is 2.21. The van der Waals surface area contributed by atoms with Crippen LogP contribution >= 0.6 is 11.6 Å². The number of carbonyl (C=O) groups is 2. The highest BCUT2D eigenvalue weighted by Crippen LogP contribution is 2.30. The van der Waals surface area contributed by atoms with E-state index in [0.717, 1.165) is 28.6 Å². The first-order valence-corrected chi connectivity index (χ1v) is 10.0. The summed E-state index contributed by atoms with van der Waals surface area (Å²) in [4.78, 5) is 23.7. The maximum Gasteiger partial charge on any atom is 0.416 e. The number of carbonyl (C=O) groups excluding carboxylic acids is 2. The van der Waals surface area contributed by atoms with Gasteiger partial charge in [-0.1, -0.05) is 17.7 Å². The first-order valence-electron chi connectivity index (χ1n) is 8.18. The lowest BCUT2D eigenvalue weighted by atomic mass is 10.2. The molecule has 1 amide bonds. The molecule has 0 unspecified atom stereocenters. The minimum Gasteiger partial charge on any atom is -0.452 e. The Hall–Kier alpha value is -2.63. The second-order valence-electron chi connectivity index (χ2n) is 6.14. The molecule has 0 bridgehead atoms. The molecule has 0 atom stereocenters. The Balaban J connectivity index is 2.07. The van der Waals surface area contributed by atoms with E-state index >= 15 is 0 Å². The van der Waals surface area contributed by atoms with Crippen LogP contribution in [0.5, 0.6) is 0 Å². The number of nitrogens with one attached hydrogen (secondary N) is 1. The summed E-state index contributed by atoms with van der Waals surface area (Å²) in [6.45, 7) is -0.798. The predicted molar refractivity (Wildman–Crippen MR) is 103 cm³/mol. The number of esters is 1. The van der Waals surface area contributed by atoms with Crippen LogP contribution in [0.1, 0.15) is 15.9 Å². The molecular weight excluding hydrogens is 449 g/mol. The van der Waals surface area contributed by atoms with Crippen molar-refractivity contribution in [3.63, 3.8) is 0 Å². The van der Waals surface area contributed by atoms with E-state index < -0.39 is 40.2 Å². The van der Waals surface area contributed by atoms with Crippen LogP contribution in [-0.4, -0.2) is 45.3 Å². The van der Waals surface area contributed by atoms with Crippen LogP contribution in [0.4, 0.5) is 18.9 Å². The third-order valence-electron chi connectivity index (χ3n) is 3.73. The highest BCUT2D eigenvalue weighted by Gasteiger charge is 2.30. The van der Waals surface area contributed by atoms with Gasteiger partial charge in [-0.15, -0.1) is 0 Å². The van der Waals surface area contributed by atoms with E-state index in [2.05, 4.69) is 5.32 Å². The van der Waals surface area contributed by atoms with Crippen molar-refractivity contribution in [2.75, 3.05) is 26.0 Å². The normalized spacial score (nSPS) is 12.0. The topological polar surface area (TPSA) is 92.8 Å². The van der Waals surface area contributed by atoms with E-state index in [0.29, 0.717) is 0 Å². The van der Waals surface area contributed by atoms with Crippen LogP contribution in [0.25, 0.3) is 0 Å². The number of ether oxygens (including phenoxy) is 1. The third-order valence-corrected chi connectivity index (χ3v) is 6.03. The van der Waals surface area contributed by atoms with Crippen molar-refractivity contribution in [3.05, 3.63) is 58.6 Å². The minimum absolute atomic E-state index is 0.109. The monoisotopic (exact) mass is 464 g/mol. The van der Waals surface area contributed by atoms with Gasteiger partial charge in [-0.05, 0) is 36.4 Å². The number of benzene rings is 2. The van der Waals surface area contributed by atoms with E-state index in [1.165, 1.54) is 32.3 Å². The van der Waals surface area contributed by atoms with Crippen LogP contribution in [0, 0.1) is 0 Å². The zero-order valence-electron chi connectivity index (χ0n) is 15.7. The molecule has 7 nitrogen and oxygen atoms in total. The number of alkyl halides is 3. The number of sulfonamides is 1. The Morgan fingerprint density at radius 3 is 2.40 bits per heavy atom. The first-order chi connectivity index (χ1) is 13.8. The Morgan fingerprint density at radius 2 is 1.80 bits per heavy atom. The van der Waals surface area contributed by atoms with Crippen molar-refractivity contribution in [2.45, 2.75) is 11.1 Å². The lowest BCUT2D eigenvalue weighted by molar-refractivity contribution is -0.137. The van der Waals surface area contributed by atoms with Crippen molar-refractivity contribution in [2.24, 2.45) is 0 Å². The van der Waals surface area contributed by atoms with Crippen LogP contribution in [-0.2, 0) is 25.7 Å². The molecule has 30 heavy (non-hydrogen) atoms. The van der Waals surface area contributed by atoms with Gasteiger partial charge in [-0.2, -0.15) is 13.2 Å². The molecule has 2 aromatic carbocycles. The highest BCUT2D eigenvalue weighted by atomic mass is 35.5. The lowest BCUT2D eigenvalue weighted by Crippen LogP contribution is -2.23. The van der Waals surface area contributed by atoms with E-state index in [-0.39, 0.29) is 21.2 Å². The number of amides is 1. The van der Waals surface area contributed by atoms with Gasteiger partial charge in [0.25, 0.3) is 5.91 Å². The number of hydrogen-bond donors (Lipinski definition) is 1. The summed E-state index contributed by atoms with van der Waals surface area (Å²) in [7, 11) is -1.36. The molecule has 12 heteroatoms. The van der Waals surface area contributed by atoms with Crippen LogP contribution < -0.4 is 5.32 Å². The molecule has 162 valence electrons. The molecule has 0 aliphatic carbocycles. The molecular formula is C18H16ClF3N2O5S. The zero-order chi connectivity index (χ0) is 22.7. The molecule has 0 aromatic heterocycles. The average Bonchev–Trinajstić information content (AvgIpc) is 2.65. The number of rotatable bonds is 6. The van der Waals surface area contributed by atoms with Crippen molar-refractivity contribution in [3.8, 4) is 0 Å². The van der Waals surface area contributed by atoms with Crippen molar-refractivity contribution >= 4 is 39.2 Å². The molecule has 0 spiro atoms. The van der Waals surface area contributed by atoms with Gasteiger partial charge >= 0.3 is 12.1 Å². The lowest BCUT2D eigenvalue weighted by Gasteiger charge is -2.13. The van der Waals surface area contributed by atoms with E-state index in [9.17, 15) is 31.2 Å². The molecule has 0 radical (unpaired) electrons. The van der Waals surface area contributed by atoms with Gasteiger partial charge in [0.05, 0.1) is 16.1 Å². The van der Waals surface area contributed by atoms with Gasteiger partial charge in [0.15, 0.2) is 6.61 Å². The molecule has 0 saturated carbocycles. The summed E-state index contributed by atoms with van der Waals surface area (Å²) in [6, 6.07) is 7.34. The van der Waals surface area contributed by atoms with Gasteiger partial charge in [0, 0.05) is 19.8 Å². The van der Waals surface area contributed by atoms with Gasteiger partial charge in [-0.3, -0.25) is 4.79 Å². The maximum atomic E-state index is 12.7. The molecule has 0 heterocycles. The number of anilines is 1. The highest BCUT2D eigenvalue weighted by molar-refractivity contribution is 7.89. The average molecular weight is 465 g/mol. The van der Waals surface area contributed by atoms with Crippen LogP contribution in [0.15, 0.2) is 47.4 Å². The molecule has 1 N–H and O–H groups in total. The fourth-order valence-corrected chi connectivity index (χ4v) is 3.60. The summed E-state index contributed by atoms with van der Waals surface area (Å²) in [5.41, 5.74) is -1.25. The van der Waals surface area contributed by atoms with Crippen LogP contribution in [0.3, 0.4) is 0 Å². The Bertz CT molecular complexity index is 1070. The largest absolute Gasteiger partial charge is 0.452 e. The summed E-state index contributed by atoms with van der Waals surface area (Å²) in [6.07, 6.45) is -4.58. The van der Waals surface area contributed by atoms with Crippen molar-refractivity contribution in [1.29, 1.82) is 0 Å². The molecule has 0 aliphatic heterocycles. The Labute approximate surface area is 175 Å². The molecule has 2 rings (SSSR count). The van der Waals surface area contributed by atoms with Gasteiger partial charge in [-0.25, -0.2) is 17.5 Å². The first kappa shape index (κ1) is 23.6. The van der Waals surface area contributed by atoms with Crippen molar-refractivity contribution < 1.29 is 35.9 Å². The second kappa shape index (κ2) is 9.02. The maximum absolute atomic E-state index is 12.7. The fraction of sp³-hybridized carbons (Fsp3) is 0.222. The van der Waals surface area contributed by atoms with E-state index in [4.69, 9.17) is 16.3 Å². The number of halogens is 4. The molecule has 0 aliphatic rings. The van der Waals surface area contributed by atoms with Gasteiger partial charge in [0.2, 0.25) is 10.0 Å². The smallest absolute Gasteiger partial charge is 0.416 e. The van der Waals surface area contributed by atoms with Crippen molar-refractivity contribution in [1.82, 2.24) is 4.31 Å².